The molecule has 1 heterocycles. The highest BCUT2D eigenvalue weighted by Gasteiger charge is 2.08. The number of benzene rings is 1. The van der Waals surface area contributed by atoms with E-state index in [9.17, 15) is 4.79 Å². The Balaban J connectivity index is 1.80. The normalized spacial score (nSPS) is 10.6. The number of nitrogens with one attached hydrogen (secondary N) is 1. The fraction of sp³-hybridized carbons (Fsp3) is 0.333. The zero-order chi connectivity index (χ0) is 14.5. The summed E-state index contributed by atoms with van der Waals surface area (Å²) in [5, 5.41) is 2.81. The number of hydrogen-bond donors (Lipinski definition) is 1. The van der Waals surface area contributed by atoms with Crippen LogP contribution in [0.25, 0.3) is 0 Å². The number of carbonyl (C=O) groups is 1. The van der Waals surface area contributed by atoms with Crippen LogP contribution in [0.1, 0.15) is 22.9 Å². The molecule has 1 amide bonds. The predicted molar refractivity (Wildman–Crippen MR) is 79.7 cm³/mol. The van der Waals surface area contributed by atoms with Gasteiger partial charge in [-0.05, 0) is 32.4 Å². The molecule has 5 heteroatoms. The van der Waals surface area contributed by atoms with E-state index in [1.807, 2.05) is 45.0 Å². The zero-order valence-corrected chi connectivity index (χ0v) is 12.7. The van der Waals surface area contributed by atoms with E-state index in [0.717, 1.165) is 16.3 Å². The maximum absolute atomic E-state index is 11.8. The summed E-state index contributed by atoms with van der Waals surface area (Å²) in [5.41, 5.74) is 2.05. The number of rotatable bonds is 5. The van der Waals surface area contributed by atoms with Crippen molar-refractivity contribution in [2.45, 2.75) is 32.2 Å². The van der Waals surface area contributed by atoms with Gasteiger partial charge in [0.2, 0.25) is 11.8 Å². The molecule has 1 aromatic heterocycles. The molecule has 2 rings (SSSR count). The summed E-state index contributed by atoms with van der Waals surface area (Å²) < 4.78 is 5.41. The van der Waals surface area contributed by atoms with E-state index >= 15 is 0 Å². The lowest BCUT2D eigenvalue weighted by atomic mass is 10.2. The molecule has 0 aliphatic carbocycles. The first-order chi connectivity index (χ1) is 9.56. The van der Waals surface area contributed by atoms with Crippen molar-refractivity contribution in [1.29, 1.82) is 0 Å². The standard InChI is InChI=1S/C15H18N2O2S/c1-10-6-4-5-7-13(10)20-9-14(18)16-8-15-17-11(2)12(3)19-15/h4-7H,8-9H2,1-3H3,(H,16,18). The third kappa shape index (κ3) is 3.87. The van der Waals surface area contributed by atoms with Crippen LogP contribution >= 0.6 is 11.8 Å². The van der Waals surface area contributed by atoms with Crippen molar-refractivity contribution in [3.63, 3.8) is 0 Å². The number of carbonyl (C=O) groups excluding carboxylic acids is 1. The summed E-state index contributed by atoms with van der Waals surface area (Å²) in [6.07, 6.45) is 0. The molecule has 20 heavy (non-hydrogen) atoms. The van der Waals surface area contributed by atoms with Crippen LogP contribution in [-0.4, -0.2) is 16.6 Å². The molecule has 0 radical (unpaired) electrons. The van der Waals surface area contributed by atoms with Gasteiger partial charge in [-0.3, -0.25) is 4.79 Å². The zero-order valence-electron chi connectivity index (χ0n) is 11.9. The van der Waals surface area contributed by atoms with Gasteiger partial charge in [0, 0.05) is 4.90 Å². The van der Waals surface area contributed by atoms with Gasteiger partial charge in [0.25, 0.3) is 0 Å². The smallest absolute Gasteiger partial charge is 0.230 e. The Morgan fingerprint density at radius 3 is 2.70 bits per heavy atom. The molecule has 0 spiro atoms. The Hall–Kier alpha value is -1.75. The van der Waals surface area contributed by atoms with Crippen LogP contribution in [0, 0.1) is 20.8 Å². The van der Waals surface area contributed by atoms with Crippen molar-refractivity contribution >= 4 is 17.7 Å². The minimum absolute atomic E-state index is 0.0215. The Morgan fingerprint density at radius 1 is 1.30 bits per heavy atom. The Kier molecular flexibility index (Phi) is 4.84. The lowest BCUT2D eigenvalue weighted by Crippen LogP contribution is -2.24. The summed E-state index contributed by atoms with van der Waals surface area (Å²) in [7, 11) is 0. The third-order valence-corrected chi connectivity index (χ3v) is 4.14. The summed E-state index contributed by atoms with van der Waals surface area (Å²) in [6.45, 7) is 6.13. The van der Waals surface area contributed by atoms with Crippen molar-refractivity contribution in [1.82, 2.24) is 10.3 Å². The van der Waals surface area contributed by atoms with Crippen LogP contribution in [0.5, 0.6) is 0 Å². The molecule has 2 aromatic rings. The molecule has 0 unspecified atom stereocenters. The molecule has 106 valence electrons. The molecule has 0 aliphatic rings. The monoisotopic (exact) mass is 290 g/mol. The van der Waals surface area contributed by atoms with Crippen molar-refractivity contribution in [3.8, 4) is 0 Å². The highest BCUT2D eigenvalue weighted by Crippen LogP contribution is 2.21. The average molecular weight is 290 g/mol. The lowest BCUT2D eigenvalue weighted by molar-refractivity contribution is -0.118. The highest BCUT2D eigenvalue weighted by molar-refractivity contribution is 8.00. The lowest BCUT2D eigenvalue weighted by Gasteiger charge is -2.05. The largest absolute Gasteiger partial charge is 0.444 e. The maximum atomic E-state index is 11.8. The van der Waals surface area contributed by atoms with Gasteiger partial charge in [-0.2, -0.15) is 0 Å². The van der Waals surface area contributed by atoms with Gasteiger partial charge >= 0.3 is 0 Å². The summed E-state index contributed by atoms with van der Waals surface area (Å²) >= 11 is 1.54. The van der Waals surface area contributed by atoms with Crippen molar-refractivity contribution < 1.29 is 9.21 Å². The van der Waals surface area contributed by atoms with E-state index in [4.69, 9.17) is 4.42 Å². The molecule has 1 N–H and O–H groups in total. The Labute approximate surface area is 123 Å². The van der Waals surface area contributed by atoms with Crippen molar-refractivity contribution in [2.24, 2.45) is 0 Å². The van der Waals surface area contributed by atoms with Gasteiger partial charge in [0.15, 0.2) is 0 Å². The average Bonchev–Trinajstić information content (AvgIpc) is 2.75. The van der Waals surface area contributed by atoms with Crippen LogP contribution < -0.4 is 5.32 Å². The number of thioether (sulfide) groups is 1. The highest BCUT2D eigenvalue weighted by atomic mass is 32.2. The number of amides is 1. The van der Waals surface area contributed by atoms with E-state index in [2.05, 4.69) is 10.3 Å². The molecule has 1 aromatic carbocycles. The molecular formula is C15H18N2O2S. The second-order valence-corrected chi connectivity index (χ2v) is 5.60. The van der Waals surface area contributed by atoms with Crippen molar-refractivity contribution in [3.05, 3.63) is 47.2 Å². The molecular weight excluding hydrogens is 272 g/mol. The first-order valence-corrected chi connectivity index (χ1v) is 7.43. The van der Waals surface area contributed by atoms with Gasteiger partial charge in [-0.15, -0.1) is 11.8 Å². The van der Waals surface area contributed by atoms with E-state index in [1.165, 1.54) is 17.3 Å². The van der Waals surface area contributed by atoms with Gasteiger partial charge in [0.05, 0.1) is 18.0 Å². The fourth-order valence-corrected chi connectivity index (χ4v) is 2.56. The number of aryl methyl sites for hydroxylation is 3. The molecule has 0 fully saturated rings. The maximum Gasteiger partial charge on any atom is 0.230 e. The first kappa shape index (κ1) is 14.7. The van der Waals surface area contributed by atoms with Gasteiger partial charge in [-0.1, -0.05) is 18.2 Å². The van der Waals surface area contributed by atoms with Gasteiger partial charge < -0.3 is 9.73 Å². The number of oxazole rings is 1. The second-order valence-electron chi connectivity index (χ2n) is 4.58. The van der Waals surface area contributed by atoms with E-state index in [1.54, 1.807) is 0 Å². The summed E-state index contributed by atoms with van der Waals surface area (Å²) in [5.74, 6) is 1.72. The van der Waals surface area contributed by atoms with Crippen LogP contribution in [-0.2, 0) is 11.3 Å². The quantitative estimate of drug-likeness (QED) is 0.860. The van der Waals surface area contributed by atoms with Crippen LogP contribution in [0.4, 0.5) is 0 Å². The minimum Gasteiger partial charge on any atom is -0.444 e. The van der Waals surface area contributed by atoms with Crippen LogP contribution in [0.15, 0.2) is 33.6 Å². The molecule has 0 bridgehead atoms. The predicted octanol–water partition coefficient (Wildman–Crippen LogP) is 3.01. The first-order valence-electron chi connectivity index (χ1n) is 6.44. The minimum atomic E-state index is -0.0215. The number of aromatic nitrogens is 1. The topological polar surface area (TPSA) is 55.1 Å². The van der Waals surface area contributed by atoms with Crippen LogP contribution in [0.2, 0.25) is 0 Å². The Morgan fingerprint density at radius 2 is 2.05 bits per heavy atom. The third-order valence-electron chi connectivity index (χ3n) is 2.96. The molecule has 0 aliphatic heterocycles. The van der Waals surface area contributed by atoms with E-state index in [0.29, 0.717) is 18.2 Å². The molecule has 4 nitrogen and oxygen atoms in total. The molecule has 0 saturated heterocycles. The summed E-state index contributed by atoms with van der Waals surface area (Å²) in [6, 6.07) is 8.03. The van der Waals surface area contributed by atoms with E-state index in [-0.39, 0.29) is 5.91 Å². The SMILES string of the molecule is Cc1ccccc1SCC(=O)NCc1nc(C)c(C)o1. The number of hydrogen-bond acceptors (Lipinski definition) is 4. The second kappa shape index (κ2) is 6.61. The van der Waals surface area contributed by atoms with Gasteiger partial charge in [-0.25, -0.2) is 4.98 Å². The molecule has 0 saturated carbocycles. The molecule has 0 atom stereocenters. The fourth-order valence-electron chi connectivity index (χ4n) is 1.70. The van der Waals surface area contributed by atoms with E-state index < -0.39 is 0 Å². The number of nitrogens with zero attached hydrogens (tertiary/aromatic N) is 1. The van der Waals surface area contributed by atoms with Crippen LogP contribution in [0.3, 0.4) is 0 Å². The van der Waals surface area contributed by atoms with Gasteiger partial charge in [0.1, 0.15) is 5.76 Å². The Bertz CT molecular complexity index is 588. The van der Waals surface area contributed by atoms with Crippen molar-refractivity contribution in [2.75, 3.05) is 5.75 Å². The summed E-state index contributed by atoms with van der Waals surface area (Å²) in [4.78, 5) is 17.1.